The van der Waals surface area contributed by atoms with Crippen LogP contribution >= 0.6 is 15.9 Å². The Morgan fingerprint density at radius 2 is 1.34 bits per heavy atom. The van der Waals surface area contributed by atoms with E-state index in [0.717, 1.165) is 17.6 Å². The van der Waals surface area contributed by atoms with Gasteiger partial charge in [-0.1, -0.05) is 58.4 Å². The highest BCUT2D eigenvalue weighted by Gasteiger charge is 2.28. The SMILES string of the molecule is COC(=O)c1ccc(C(=O)N2CCN([C@H](c3ccccc3)c3ccc(Br)cc3)CC2)cc1. The van der Waals surface area contributed by atoms with E-state index in [4.69, 9.17) is 4.74 Å². The van der Waals surface area contributed by atoms with Gasteiger partial charge >= 0.3 is 5.97 Å². The first-order chi connectivity index (χ1) is 15.6. The van der Waals surface area contributed by atoms with Gasteiger partial charge in [-0.3, -0.25) is 9.69 Å². The molecule has 1 amide bonds. The topological polar surface area (TPSA) is 49.9 Å². The van der Waals surface area contributed by atoms with E-state index in [1.807, 2.05) is 11.0 Å². The quantitative estimate of drug-likeness (QED) is 0.480. The van der Waals surface area contributed by atoms with Gasteiger partial charge in [-0.05, 0) is 47.5 Å². The van der Waals surface area contributed by atoms with Gasteiger partial charge in [0.05, 0.1) is 18.7 Å². The van der Waals surface area contributed by atoms with Crippen LogP contribution in [-0.2, 0) is 4.74 Å². The Labute approximate surface area is 196 Å². The van der Waals surface area contributed by atoms with E-state index < -0.39 is 5.97 Å². The summed E-state index contributed by atoms with van der Waals surface area (Å²) in [4.78, 5) is 28.9. The zero-order chi connectivity index (χ0) is 22.5. The molecule has 1 heterocycles. The van der Waals surface area contributed by atoms with Gasteiger partial charge in [0.1, 0.15) is 0 Å². The Balaban J connectivity index is 1.47. The number of amides is 1. The molecule has 0 spiro atoms. The first-order valence-electron chi connectivity index (χ1n) is 10.6. The van der Waals surface area contributed by atoms with Crippen molar-refractivity contribution < 1.29 is 14.3 Å². The minimum Gasteiger partial charge on any atom is -0.465 e. The number of ether oxygens (including phenoxy) is 1. The second kappa shape index (κ2) is 10.1. The van der Waals surface area contributed by atoms with Crippen LogP contribution in [0.5, 0.6) is 0 Å². The molecule has 4 rings (SSSR count). The average molecular weight is 493 g/mol. The Bertz CT molecular complexity index is 1060. The predicted molar refractivity (Wildman–Crippen MR) is 128 cm³/mol. The molecule has 0 bridgehead atoms. The van der Waals surface area contributed by atoms with Crippen molar-refractivity contribution in [3.8, 4) is 0 Å². The molecule has 0 radical (unpaired) electrons. The molecule has 6 heteroatoms. The normalized spacial score (nSPS) is 15.2. The summed E-state index contributed by atoms with van der Waals surface area (Å²) in [6.07, 6.45) is 0. The van der Waals surface area contributed by atoms with Crippen LogP contribution < -0.4 is 0 Å². The first kappa shape index (κ1) is 22.2. The summed E-state index contributed by atoms with van der Waals surface area (Å²) < 4.78 is 5.78. The molecule has 0 aromatic heterocycles. The largest absolute Gasteiger partial charge is 0.465 e. The van der Waals surface area contributed by atoms with E-state index in [1.54, 1.807) is 24.3 Å². The number of rotatable bonds is 5. The maximum atomic E-state index is 13.0. The molecule has 5 nitrogen and oxygen atoms in total. The molecule has 1 atom stereocenters. The molecule has 0 saturated carbocycles. The average Bonchev–Trinajstić information content (AvgIpc) is 2.85. The van der Waals surface area contributed by atoms with E-state index in [0.29, 0.717) is 24.2 Å². The molecular weight excluding hydrogens is 468 g/mol. The molecule has 0 N–H and O–H groups in total. The van der Waals surface area contributed by atoms with Crippen LogP contribution in [0.3, 0.4) is 0 Å². The van der Waals surface area contributed by atoms with Gasteiger partial charge in [-0.2, -0.15) is 0 Å². The highest BCUT2D eigenvalue weighted by atomic mass is 79.9. The second-order valence-electron chi connectivity index (χ2n) is 7.76. The second-order valence-corrected chi connectivity index (χ2v) is 8.68. The molecule has 1 aliphatic heterocycles. The van der Waals surface area contributed by atoms with Crippen LogP contribution in [0.1, 0.15) is 37.9 Å². The Kier molecular flexibility index (Phi) is 7.02. The molecule has 3 aromatic rings. The van der Waals surface area contributed by atoms with Crippen LogP contribution in [0.15, 0.2) is 83.3 Å². The standard InChI is InChI=1S/C26H25BrN2O3/c1-32-26(31)22-9-7-21(8-10-22)25(30)29-17-15-28(16-18-29)24(19-5-3-2-4-6-19)20-11-13-23(27)14-12-20/h2-14,24H,15-18H2,1H3/t24-/m1/s1. The maximum Gasteiger partial charge on any atom is 0.337 e. The molecule has 1 fully saturated rings. The van der Waals surface area contributed by atoms with Crippen LogP contribution in [-0.4, -0.2) is 55.0 Å². The van der Waals surface area contributed by atoms with Gasteiger partial charge in [0.2, 0.25) is 0 Å². The van der Waals surface area contributed by atoms with Gasteiger partial charge in [-0.15, -0.1) is 0 Å². The van der Waals surface area contributed by atoms with E-state index in [-0.39, 0.29) is 11.9 Å². The number of benzene rings is 3. The summed E-state index contributed by atoms with van der Waals surface area (Å²) in [5, 5.41) is 0. The van der Waals surface area contributed by atoms with Gasteiger partial charge in [0, 0.05) is 36.2 Å². The number of hydrogen-bond acceptors (Lipinski definition) is 4. The summed E-state index contributed by atoms with van der Waals surface area (Å²) in [5.41, 5.74) is 3.50. The number of carbonyl (C=O) groups excluding carboxylic acids is 2. The molecule has 1 aliphatic rings. The molecular formula is C26H25BrN2O3. The smallest absolute Gasteiger partial charge is 0.337 e. The molecule has 3 aromatic carbocycles. The lowest BCUT2D eigenvalue weighted by Gasteiger charge is -2.39. The molecule has 0 unspecified atom stereocenters. The van der Waals surface area contributed by atoms with Crippen molar-refractivity contribution in [2.75, 3.05) is 33.3 Å². The summed E-state index contributed by atoms with van der Waals surface area (Å²) in [5.74, 6) is -0.418. The van der Waals surface area contributed by atoms with E-state index in [2.05, 4.69) is 69.4 Å². The zero-order valence-electron chi connectivity index (χ0n) is 17.9. The fourth-order valence-corrected chi connectivity index (χ4v) is 4.39. The van der Waals surface area contributed by atoms with E-state index in [9.17, 15) is 9.59 Å². The van der Waals surface area contributed by atoms with Crippen molar-refractivity contribution in [3.63, 3.8) is 0 Å². The molecule has 32 heavy (non-hydrogen) atoms. The summed E-state index contributed by atoms with van der Waals surface area (Å²) in [6, 6.07) is 25.7. The third-order valence-electron chi connectivity index (χ3n) is 5.82. The van der Waals surface area contributed by atoms with Crippen LogP contribution in [0.2, 0.25) is 0 Å². The van der Waals surface area contributed by atoms with Crippen molar-refractivity contribution in [2.45, 2.75) is 6.04 Å². The van der Waals surface area contributed by atoms with Crippen molar-refractivity contribution in [3.05, 3.63) is 106 Å². The van der Waals surface area contributed by atoms with Crippen LogP contribution in [0.25, 0.3) is 0 Å². The van der Waals surface area contributed by atoms with Crippen LogP contribution in [0.4, 0.5) is 0 Å². The van der Waals surface area contributed by atoms with Gasteiger partial charge < -0.3 is 9.64 Å². The lowest BCUT2D eigenvalue weighted by molar-refractivity contribution is 0.0587. The summed E-state index contributed by atoms with van der Waals surface area (Å²) in [6.45, 7) is 2.86. The monoisotopic (exact) mass is 492 g/mol. The third-order valence-corrected chi connectivity index (χ3v) is 6.35. The number of halogens is 1. The van der Waals surface area contributed by atoms with Crippen molar-refractivity contribution in [1.82, 2.24) is 9.80 Å². The lowest BCUT2D eigenvalue weighted by atomic mass is 9.96. The minimum absolute atomic E-state index is 0.0130. The Hall–Kier alpha value is -2.96. The number of esters is 1. The zero-order valence-corrected chi connectivity index (χ0v) is 19.5. The van der Waals surface area contributed by atoms with Gasteiger partial charge in [-0.25, -0.2) is 4.79 Å². The van der Waals surface area contributed by atoms with Crippen molar-refractivity contribution in [2.24, 2.45) is 0 Å². The third kappa shape index (κ3) is 4.92. The number of hydrogen-bond donors (Lipinski definition) is 0. The Morgan fingerprint density at radius 3 is 1.94 bits per heavy atom. The first-order valence-corrected chi connectivity index (χ1v) is 11.4. The number of nitrogens with zero attached hydrogens (tertiary/aromatic N) is 2. The molecule has 1 saturated heterocycles. The highest BCUT2D eigenvalue weighted by Crippen LogP contribution is 2.30. The molecule has 0 aliphatic carbocycles. The van der Waals surface area contributed by atoms with Crippen molar-refractivity contribution >= 4 is 27.8 Å². The van der Waals surface area contributed by atoms with Gasteiger partial charge in [0.15, 0.2) is 0 Å². The fourth-order valence-electron chi connectivity index (χ4n) is 4.13. The minimum atomic E-state index is -0.405. The van der Waals surface area contributed by atoms with Crippen molar-refractivity contribution in [1.29, 1.82) is 0 Å². The van der Waals surface area contributed by atoms with Crippen LogP contribution in [0, 0.1) is 0 Å². The maximum absolute atomic E-state index is 13.0. The number of methoxy groups -OCH3 is 1. The van der Waals surface area contributed by atoms with E-state index >= 15 is 0 Å². The summed E-state index contributed by atoms with van der Waals surface area (Å²) in [7, 11) is 1.35. The predicted octanol–water partition coefficient (Wildman–Crippen LogP) is 4.78. The van der Waals surface area contributed by atoms with E-state index in [1.165, 1.54) is 18.2 Å². The summed E-state index contributed by atoms with van der Waals surface area (Å²) >= 11 is 3.53. The molecule has 164 valence electrons. The fraction of sp³-hybridized carbons (Fsp3) is 0.231. The highest BCUT2D eigenvalue weighted by molar-refractivity contribution is 9.10. The Morgan fingerprint density at radius 1 is 0.781 bits per heavy atom. The lowest BCUT2D eigenvalue weighted by Crippen LogP contribution is -2.49. The van der Waals surface area contributed by atoms with Gasteiger partial charge in [0.25, 0.3) is 5.91 Å². The number of carbonyl (C=O) groups is 2. The number of piperazine rings is 1.